The highest BCUT2D eigenvalue weighted by molar-refractivity contribution is 7.47. The highest BCUT2D eigenvalue weighted by Crippen LogP contribution is 2.43. The van der Waals surface area contributed by atoms with Gasteiger partial charge in [0.2, 0.25) is 5.91 Å². The smallest absolute Gasteiger partial charge is 0.391 e. The monoisotopic (exact) mass is 720 g/mol. The van der Waals surface area contributed by atoms with Crippen LogP contribution in [0, 0.1) is 0 Å². The van der Waals surface area contributed by atoms with E-state index in [9.17, 15) is 19.4 Å². The highest BCUT2D eigenvalue weighted by atomic mass is 31.2. The number of phosphoric acid groups is 1. The van der Waals surface area contributed by atoms with E-state index in [0.717, 1.165) is 38.5 Å². The van der Waals surface area contributed by atoms with Gasteiger partial charge >= 0.3 is 7.82 Å². The lowest BCUT2D eigenvalue weighted by molar-refractivity contribution is -0.870. The normalized spacial score (nSPS) is 14.5. The Bertz CT molecular complexity index is 778. The molecule has 0 aromatic carbocycles. The number of rotatable bonds is 38. The molecule has 0 saturated carbocycles. The standard InChI is InChI=1S/C40H83N2O6P/c1-6-8-10-12-14-16-18-19-20-21-22-23-24-26-28-30-32-34-40(44)41-38(37-48-49(45,46)47-36-35-42(3,4)5)39(43)33-31-29-27-25-17-15-13-11-9-7-2/h38-39,43H,6-37H2,1-5H3,(H-,41,44,45,46)/p+1/t38-,39+/m0/s1. The molecule has 1 amide bonds. The second kappa shape index (κ2) is 33.3. The van der Waals surface area contributed by atoms with Crippen LogP contribution >= 0.6 is 7.82 Å². The molecule has 0 bridgehead atoms. The van der Waals surface area contributed by atoms with E-state index in [1.165, 1.54) is 135 Å². The molecule has 49 heavy (non-hydrogen) atoms. The van der Waals surface area contributed by atoms with Crippen LogP contribution in [0.4, 0.5) is 0 Å². The van der Waals surface area contributed by atoms with Crippen LogP contribution in [0.25, 0.3) is 0 Å². The average Bonchev–Trinajstić information content (AvgIpc) is 3.04. The minimum absolute atomic E-state index is 0.0781. The molecule has 3 N–H and O–H groups in total. The van der Waals surface area contributed by atoms with Crippen molar-refractivity contribution in [1.29, 1.82) is 0 Å². The van der Waals surface area contributed by atoms with E-state index in [0.29, 0.717) is 23.9 Å². The second-order valence-corrected chi connectivity index (χ2v) is 17.2. The Hall–Kier alpha value is -0.500. The number of hydrogen-bond acceptors (Lipinski definition) is 5. The summed E-state index contributed by atoms with van der Waals surface area (Å²) in [6.07, 6.45) is 34.1. The molecule has 0 aliphatic carbocycles. The molecule has 294 valence electrons. The Kier molecular flexibility index (Phi) is 33.0. The Balaban J connectivity index is 4.31. The van der Waals surface area contributed by atoms with Crippen molar-refractivity contribution >= 4 is 13.7 Å². The summed E-state index contributed by atoms with van der Waals surface area (Å²) in [7, 11) is 1.62. The van der Waals surface area contributed by atoms with Gasteiger partial charge in [-0.25, -0.2) is 4.57 Å². The highest BCUT2D eigenvalue weighted by Gasteiger charge is 2.28. The number of quaternary nitrogens is 1. The summed E-state index contributed by atoms with van der Waals surface area (Å²) >= 11 is 0. The van der Waals surface area contributed by atoms with Crippen molar-refractivity contribution in [2.45, 2.75) is 212 Å². The van der Waals surface area contributed by atoms with Crippen LogP contribution in [0.15, 0.2) is 0 Å². The van der Waals surface area contributed by atoms with Crippen molar-refractivity contribution in [2.75, 3.05) is 40.9 Å². The first-order valence-corrected chi connectivity index (χ1v) is 22.4. The number of aliphatic hydroxyl groups is 1. The molecular weight excluding hydrogens is 635 g/mol. The summed E-state index contributed by atoms with van der Waals surface area (Å²) in [6.45, 7) is 4.88. The van der Waals surface area contributed by atoms with Crippen LogP contribution in [0.3, 0.4) is 0 Å². The molecule has 0 aromatic rings. The summed E-state index contributed by atoms with van der Waals surface area (Å²) < 4.78 is 23.5. The van der Waals surface area contributed by atoms with Gasteiger partial charge in [0.15, 0.2) is 0 Å². The number of carbonyl (C=O) groups is 1. The van der Waals surface area contributed by atoms with Gasteiger partial charge in [0.05, 0.1) is 39.9 Å². The molecule has 0 rings (SSSR count). The summed E-state index contributed by atoms with van der Waals surface area (Å²) in [5.41, 5.74) is 0. The van der Waals surface area contributed by atoms with E-state index in [2.05, 4.69) is 19.2 Å². The number of phosphoric ester groups is 1. The van der Waals surface area contributed by atoms with E-state index in [1.807, 2.05) is 21.1 Å². The largest absolute Gasteiger partial charge is 0.472 e. The summed E-state index contributed by atoms with van der Waals surface area (Å²) in [4.78, 5) is 23.0. The number of nitrogens with one attached hydrogen (secondary N) is 1. The number of aliphatic hydroxyl groups excluding tert-OH is 1. The van der Waals surface area contributed by atoms with E-state index in [-0.39, 0.29) is 19.1 Å². The van der Waals surface area contributed by atoms with Crippen LogP contribution in [0.1, 0.15) is 200 Å². The zero-order valence-corrected chi connectivity index (χ0v) is 34.1. The van der Waals surface area contributed by atoms with Gasteiger partial charge in [-0.2, -0.15) is 0 Å². The van der Waals surface area contributed by atoms with Gasteiger partial charge in [-0.05, 0) is 12.8 Å². The number of amides is 1. The number of carbonyl (C=O) groups excluding carboxylic acids is 1. The minimum atomic E-state index is -4.30. The van der Waals surface area contributed by atoms with Crippen molar-refractivity contribution in [1.82, 2.24) is 5.32 Å². The van der Waals surface area contributed by atoms with Gasteiger partial charge in [0.1, 0.15) is 13.2 Å². The molecule has 3 atom stereocenters. The maximum Gasteiger partial charge on any atom is 0.472 e. The van der Waals surface area contributed by atoms with Gasteiger partial charge < -0.3 is 19.8 Å². The number of unbranched alkanes of at least 4 members (excludes halogenated alkanes) is 25. The maximum atomic E-state index is 12.8. The molecule has 0 aliphatic rings. The molecule has 9 heteroatoms. The van der Waals surface area contributed by atoms with Gasteiger partial charge in [-0.3, -0.25) is 13.8 Å². The summed E-state index contributed by atoms with van der Waals surface area (Å²) in [5.74, 6) is -0.143. The third kappa shape index (κ3) is 35.7. The number of nitrogens with zero attached hydrogens (tertiary/aromatic N) is 1. The van der Waals surface area contributed by atoms with E-state index in [1.54, 1.807) is 0 Å². The Morgan fingerprint density at radius 2 is 0.980 bits per heavy atom. The lowest BCUT2D eigenvalue weighted by Gasteiger charge is -2.26. The third-order valence-corrected chi connectivity index (χ3v) is 10.6. The lowest BCUT2D eigenvalue weighted by Crippen LogP contribution is -2.46. The van der Waals surface area contributed by atoms with Crippen LogP contribution in [0.2, 0.25) is 0 Å². The maximum absolute atomic E-state index is 12.8. The first-order chi connectivity index (χ1) is 23.5. The van der Waals surface area contributed by atoms with Crippen molar-refractivity contribution in [2.24, 2.45) is 0 Å². The van der Waals surface area contributed by atoms with Gasteiger partial charge in [0, 0.05) is 6.42 Å². The molecule has 0 radical (unpaired) electrons. The van der Waals surface area contributed by atoms with Gasteiger partial charge in [-0.1, -0.05) is 181 Å². The lowest BCUT2D eigenvalue weighted by atomic mass is 10.0. The average molecular weight is 720 g/mol. The van der Waals surface area contributed by atoms with Gasteiger partial charge in [0.25, 0.3) is 0 Å². The summed E-state index contributed by atoms with van der Waals surface area (Å²) in [5, 5.41) is 13.9. The molecule has 0 saturated heterocycles. The van der Waals surface area contributed by atoms with Gasteiger partial charge in [-0.15, -0.1) is 0 Å². The van der Waals surface area contributed by atoms with Crippen molar-refractivity contribution in [3.8, 4) is 0 Å². The predicted octanol–water partition coefficient (Wildman–Crippen LogP) is 11.0. The van der Waals surface area contributed by atoms with Crippen molar-refractivity contribution < 1.29 is 32.9 Å². The second-order valence-electron chi connectivity index (χ2n) is 15.7. The Morgan fingerprint density at radius 3 is 1.37 bits per heavy atom. The first-order valence-electron chi connectivity index (χ1n) is 20.9. The first kappa shape index (κ1) is 48.5. The van der Waals surface area contributed by atoms with Crippen LogP contribution in [0.5, 0.6) is 0 Å². The van der Waals surface area contributed by atoms with Crippen molar-refractivity contribution in [3.63, 3.8) is 0 Å². The van der Waals surface area contributed by atoms with E-state index in [4.69, 9.17) is 9.05 Å². The Morgan fingerprint density at radius 1 is 0.612 bits per heavy atom. The third-order valence-electron chi connectivity index (χ3n) is 9.61. The number of likely N-dealkylation sites (N-methyl/N-ethyl adjacent to an activating group) is 1. The molecule has 0 fully saturated rings. The number of hydrogen-bond donors (Lipinski definition) is 3. The zero-order chi connectivity index (χ0) is 36.5. The quantitative estimate of drug-likeness (QED) is 0.0333. The molecular formula is C40H84N2O6P+. The molecule has 1 unspecified atom stereocenters. The van der Waals surface area contributed by atoms with Crippen LogP contribution in [-0.4, -0.2) is 73.4 Å². The fraction of sp³-hybridized carbons (Fsp3) is 0.975. The SMILES string of the molecule is CCCCCCCCCCCCCCCCCCCC(=O)N[C@@H](COP(=O)(O)OCC[N+](C)(C)C)[C@H](O)CCCCCCCCCCCC. The fourth-order valence-corrected chi connectivity index (χ4v) is 6.96. The summed E-state index contributed by atoms with van der Waals surface area (Å²) in [6, 6.07) is -0.751. The fourth-order valence-electron chi connectivity index (χ4n) is 6.22. The Labute approximate surface area is 304 Å². The molecule has 0 aliphatic heterocycles. The van der Waals surface area contributed by atoms with Crippen LogP contribution in [-0.2, 0) is 18.4 Å². The van der Waals surface area contributed by atoms with E-state index < -0.39 is 20.0 Å². The van der Waals surface area contributed by atoms with Crippen LogP contribution < -0.4 is 5.32 Å². The van der Waals surface area contributed by atoms with Crippen molar-refractivity contribution in [3.05, 3.63) is 0 Å². The topological polar surface area (TPSA) is 105 Å². The molecule has 0 aromatic heterocycles. The predicted molar refractivity (Wildman–Crippen MR) is 208 cm³/mol. The molecule has 0 heterocycles. The molecule has 0 spiro atoms. The van der Waals surface area contributed by atoms with E-state index >= 15 is 0 Å². The zero-order valence-electron chi connectivity index (χ0n) is 33.2. The minimum Gasteiger partial charge on any atom is -0.391 e. The molecule has 8 nitrogen and oxygen atoms in total.